The first kappa shape index (κ1) is 22.5. The number of guanidine groups is 1. The van der Waals surface area contributed by atoms with Gasteiger partial charge < -0.3 is 15.2 Å². The fourth-order valence-electron chi connectivity index (χ4n) is 2.84. The summed E-state index contributed by atoms with van der Waals surface area (Å²) in [5.74, 6) is 1.78. The molecule has 1 atom stereocenters. The van der Waals surface area contributed by atoms with Crippen LogP contribution in [0.1, 0.15) is 19.7 Å². The molecule has 0 bridgehead atoms. The predicted octanol–water partition coefficient (Wildman–Crippen LogP) is 4.43. The topological polar surface area (TPSA) is 54.2 Å². The number of aliphatic imine (C=N–C) groups is 1. The zero-order valence-electron chi connectivity index (χ0n) is 16.6. The molecule has 0 fully saturated rings. The van der Waals surface area contributed by atoms with E-state index in [2.05, 4.69) is 59.4 Å². The second-order valence-electron chi connectivity index (χ2n) is 6.39. The van der Waals surface area contributed by atoms with E-state index < -0.39 is 0 Å². The number of benzene rings is 2. The molecule has 5 nitrogen and oxygen atoms in total. The normalized spacial score (nSPS) is 12.5. The quantitative estimate of drug-likeness (QED) is 0.214. The van der Waals surface area contributed by atoms with Crippen molar-refractivity contribution in [3.05, 3.63) is 60.4 Å². The Bertz CT molecular complexity index is 894. The zero-order valence-corrected chi connectivity index (χ0v) is 19.7. The Morgan fingerprint density at radius 3 is 2.54 bits per heavy atom. The van der Waals surface area contributed by atoms with E-state index in [1.165, 1.54) is 4.90 Å². The van der Waals surface area contributed by atoms with E-state index in [1.54, 1.807) is 0 Å². The SMILES string of the molecule is CCNC(=NCc1nc2ccccc2n1C)NCC(C)Sc1ccccc1.I. The molecule has 0 aliphatic carbocycles. The van der Waals surface area contributed by atoms with Crippen molar-refractivity contribution in [2.24, 2.45) is 12.0 Å². The number of aryl methyl sites for hydroxylation is 1. The smallest absolute Gasteiger partial charge is 0.191 e. The number of aromatic nitrogens is 2. The second kappa shape index (κ2) is 11.3. The summed E-state index contributed by atoms with van der Waals surface area (Å²) in [6.07, 6.45) is 0. The lowest BCUT2D eigenvalue weighted by Crippen LogP contribution is -2.40. The number of rotatable bonds is 7. The Morgan fingerprint density at radius 2 is 1.82 bits per heavy atom. The van der Waals surface area contributed by atoms with E-state index in [0.29, 0.717) is 11.8 Å². The zero-order chi connectivity index (χ0) is 19.1. The molecule has 1 heterocycles. The van der Waals surface area contributed by atoms with Crippen LogP contribution < -0.4 is 10.6 Å². The van der Waals surface area contributed by atoms with E-state index in [-0.39, 0.29) is 24.0 Å². The summed E-state index contributed by atoms with van der Waals surface area (Å²) in [6.45, 7) is 6.51. The molecule has 3 rings (SSSR count). The first-order valence-corrected chi connectivity index (χ1v) is 10.2. The van der Waals surface area contributed by atoms with Gasteiger partial charge >= 0.3 is 0 Å². The molecule has 150 valence electrons. The van der Waals surface area contributed by atoms with Gasteiger partial charge in [-0.15, -0.1) is 35.7 Å². The second-order valence-corrected chi connectivity index (χ2v) is 7.91. The minimum absolute atomic E-state index is 0. The maximum absolute atomic E-state index is 4.72. The molecule has 0 saturated carbocycles. The number of para-hydroxylation sites is 2. The first-order chi connectivity index (χ1) is 13.2. The van der Waals surface area contributed by atoms with Crippen molar-refractivity contribution in [1.29, 1.82) is 0 Å². The third kappa shape index (κ3) is 6.13. The summed E-state index contributed by atoms with van der Waals surface area (Å²) >= 11 is 1.86. The van der Waals surface area contributed by atoms with Crippen LogP contribution in [0.2, 0.25) is 0 Å². The van der Waals surface area contributed by atoms with E-state index in [0.717, 1.165) is 35.9 Å². The number of hydrogen-bond acceptors (Lipinski definition) is 3. The van der Waals surface area contributed by atoms with Crippen LogP contribution in [0.3, 0.4) is 0 Å². The molecule has 0 amide bonds. The lowest BCUT2D eigenvalue weighted by molar-refractivity contribution is 0.770. The van der Waals surface area contributed by atoms with Gasteiger partial charge in [-0.05, 0) is 31.2 Å². The molecule has 0 spiro atoms. The van der Waals surface area contributed by atoms with E-state index in [9.17, 15) is 0 Å². The monoisotopic (exact) mass is 509 g/mol. The van der Waals surface area contributed by atoms with Crippen LogP contribution in [-0.4, -0.2) is 33.9 Å². The van der Waals surface area contributed by atoms with Gasteiger partial charge in [-0.3, -0.25) is 0 Å². The van der Waals surface area contributed by atoms with Crippen molar-refractivity contribution < 1.29 is 0 Å². The van der Waals surface area contributed by atoms with Gasteiger partial charge in [-0.25, -0.2) is 9.98 Å². The van der Waals surface area contributed by atoms with Gasteiger partial charge in [0.05, 0.1) is 11.0 Å². The lowest BCUT2D eigenvalue weighted by atomic mass is 10.3. The third-order valence-electron chi connectivity index (χ3n) is 4.24. The highest BCUT2D eigenvalue weighted by molar-refractivity contribution is 14.0. The number of thioether (sulfide) groups is 1. The molecular formula is C21H28IN5S. The van der Waals surface area contributed by atoms with Gasteiger partial charge in [-0.1, -0.05) is 37.3 Å². The van der Waals surface area contributed by atoms with E-state index >= 15 is 0 Å². The summed E-state index contributed by atoms with van der Waals surface area (Å²) in [6, 6.07) is 18.7. The summed E-state index contributed by atoms with van der Waals surface area (Å²) in [4.78, 5) is 10.7. The Kier molecular flexibility index (Phi) is 9.11. The predicted molar refractivity (Wildman–Crippen MR) is 131 cm³/mol. The lowest BCUT2D eigenvalue weighted by Gasteiger charge is -2.15. The van der Waals surface area contributed by atoms with Crippen molar-refractivity contribution in [1.82, 2.24) is 20.2 Å². The largest absolute Gasteiger partial charge is 0.357 e. The Balaban J connectivity index is 0.00000280. The van der Waals surface area contributed by atoms with Crippen LogP contribution in [-0.2, 0) is 13.6 Å². The highest BCUT2D eigenvalue weighted by Gasteiger charge is 2.08. The van der Waals surface area contributed by atoms with Gasteiger partial charge in [0.1, 0.15) is 12.4 Å². The molecule has 0 aliphatic heterocycles. The Labute approximate surface area is 188 Å². The number of nitrogens with zero attached hydrogens (tertiary/aromatic N) is 3. The number of nitrogens with one attached hydrogen (secondary N) is 2. The average Bonchev–Trinajstić information content (AvgIpc) is 3.01. The van der Waals surface area contributed by atoms with Crippen LogP contribution in [0.5, 0.6) is 0 Å². The van der Waals surface area contributed by atoms with Crippen molar-refractivity contribution >= 4 is 52.7 Å². The summed E-state index contributed by atoms with van der Waals surface area (Å²) in [5.41, 5.74) is 2.14. The number of hydrogen-bond donors (Lipinski definition) is 2. The molecule has 0 radical (unpaired) electrons. The van der Waals surface area contributed by atoms with Crippen LogP contribution in [0.25, 0.3) is 11.0 Å². The molecule has 0 aliphatic rings. The standard InChI is InChI=1S/C21H27N5S.HI/c1-4-22-21(23-14-16(2)27-17-10-6-5-7-11-17)24-15-20-25-18-12-8-9-13-19(18)26(20)3;/h5-13,16H,4,14-15H2,1-3H3,(H2,22,23,24);1H. The summed E-state index contributed by atoms with van der Waals surface area (Å²) in [5, 5.41) is 7.20. The maximum Gasteiger partial charge on any atom is 0.191 e. The minimum Gasteiger partial charge on any atom is -0.357 e. The fraction of sp³-hybridized carbons (Fsp3) is 0.333. The Morgan fingerprint density at radius 1 is 1.11 bits per heavy atom. The molecule has 28 heavy (non-hydrogen) atoms. The molecule has 2 N–H and O–H groups in total. The van der Waals surface area contributed by atoms with Crippen molar-refractivity contribution in [3.63, 3.8) is 0 Å². The molecule has 7 heteroatoms. The van der Waals surface area contributed by atoms with Crippen LogP contribution in [0.4, 0.5) is 0 Å². The first-order valence-electron chi connectivity index (χ1n) is 9.31. The van der Waals surface area contributed by atoms with E-state index in [1.807, 2.05) is 43.1 Å². The van der Waals surface area contributed by atoms with Crippen molar-refractivity contribution in [2.75, 3.05) is 13.1 Å². The fourth-order valence-corrected chi connectivity index (χ4v) is 3.79. The minimum atomic E-state index is 0. The highest BCUT2D eigenvalue weighted by atomic mass is 127. The van der Waals surface area contributed by atoms with Gasteiger partial charge in [0.15, 0.2) is 5.96 Å². The molecule has 3 aromatic rings. The molecule has 1 unspecified atom stereocenters. The van der Waals surface area contributed by atoms with Crippen molar-refractivity contribution in [3.8, 4) is 0 Å². The van der Waals surface area contributed by atoms with Crippen LogP contribution in [0, 0.1) is 0 Å². The third-order valence-corrected chi connectivity index (χ3v) is 5.35. The molecule has 1 aromatic heterocycles. The van der Waals surface area contributed by atoms with Gasteiger partial charge in [0.2, 0.25) is 0 Å². The maximum atomic E-state index is 4.72. The number of halogens is 1. The van der Waals surface area contributed by atoms with Crippen LogP contribution >= 0.6 is 35.7 Å². The highest BCUT2D eigenvalue weighted by Crippen LogP contribution is 2.21. The van der Waals surface area contributed by atoms with Gasteiger partial charge in [0.25, 0.3) is 0 Å². The van der Waals surface area contributed by atoms with Crippen molar-refractivity contribution in [2.45, 2.75) is 30.5 Å². The Hall–Kier alpha value is -1.74. The van der Waals surface area contributed by atoms with Gasteiger partial charge in [-0.2, -0.15) is 0 Å². The van der Waals surface area contributed by atoms with Gasteiger partial charge in [0, 0.05) is 30.3 Å². The molecule has 2 aromatic carbocycles. The number of imidazole rings is 1. The van der Waals surface area contributed by atoms with Crippen LogP contribution in [0.15, 0.2) is 64.5 Å². The number of fused-ring (bicyclic) bond motifs is 1. The molecule has 0 saturated heterocycles. The molecular weight excluding hydrogens is 481 g/mol. The summed E-state index contributed by atoms with van der Waals surface area (Å²) in [7, 11) is 2.04. The average molecular weight is 509 g/mol. The van der Waals surface area contributed by atoms with E-state index in [4.69, 9.17) is 9.98 Å². The summed E-state index contributed by atoms with van der Waals surface area (Å²) < 4.78 is 2.11.